The standard InChI is InChI=1S/C13H19NO3S/c1-17-13(16)12-6-5-11(18-12)8-14-7-3-2-4-10(14)9-15/h5-6,10,15H,2-4,7-9H2,1H3. The van der Waals surface area contributed by atoms with Gasteiger partial charge in [-0.2, -0.15) is 0 Å². The molecule has 0 saturated carbocycles. The number of piperidine rings is 1. The summed E-state index contributed by atoms with van der Waals surface area (Å²) < 4.78 is 4.70. The van der Waals surface area contributed by atoms with Gasteiger partial charge in [0.1, 0.15) is 4.88 Å². The van der Waals surface area contributed by atoms with Crippen LogP contribution in [0.1, 0.15) is 33.8 Å². The van der Waals surface area contributed by atoms with Crippen molar-refractivity contribution in [3.63, 3.8) is 0 Å². The van der Waals surface area contributed by atoms with Crippen LogP contribution in [0.5, 0.6) is 0 Å². The lowest BCUT2D eigenvalue weighted by atomic mass is 10.0. The summed E-state index contributed by atoms with van der Waals surface area (Å²) in [4.78, 5) is 15.5. The molecule has 2 rings (SSSR count). The van der Waals surface area contributed by atoms with Crippen LogP contribution in [0.4, 0.5) is 0 Å². The number of carbonyl (C=O) groups excluding carboxylic acids is 1. The quantitative estimate of drug-likeness (QED) is 0.848. The lowest BCUT2D eigenvalue weighted by molar-refractivity contribution is 0.0606. The predicted octanol–water partition coefficient (Wildman–Crippen LogP) is 1.88. The minimum absolute atomic E-state index is 0.217. The lowest BCUT2D eigenvalue weighted by Crippen LogP contribution is -2.40. The number of rotatable bonds is 4. The van der Waals surface area contributed by atoms with Gasteiger partial charge >= 0.3 is 5.97 Å². The maximum Gasteiger partial charge on any atom is 0.348 e. The lowest BCUT2D eigenvalue weighted by Gasteiger charge is -2.34. The van der Waals surface area contributed by atoms with Gasteiger partial charge in [-0.1, -0.05) is 6.42 Å². The first kappa shape index (κ1) is 13.5. The highest BCUT2D eigenvalue weighted by Gasteiger charge is 2.22. The largest absolute Gasteiger partial charge is 0.465 e. The van der Waals surface area contributed by atoms with E-state index < -0.39 is 0 Å². The van der Waals surface area contributed by atoms with Crippen LogP contribution in [0.2, 0.25) is 0 Å². The normalized spacial score (nSPS) is 20.9. The molecule has 0 aliphatic carbocycles. The molecular formula is C13H19NO3S. The van der Waals surface area contributed by atoms with Crippen LogP contribution < -0.4 is 0 Å². The molecule has 4 nitrogen and oxygen atoms in total. The maximum atomic E-state index is 11.4. The Morgan fingerprint density at radius 3 is 3.11 bits per heavy atom. The van der Waals surface area contributed by atoms with Gasteiger partial charge in [0.15, 0.2) is 0 Å². The van der Waals surface area contributed by atoms with Gasteiger partial charge in [-0.05, 0) is 31.5 Å². The van der Waals surface area contributed by atoms with E-state index in [1.807, 2.05) is 12.1 Å². The van der Waals surface area contributed by atoms with Gasteiger partial charge in [0.25, 0.3) is 0 Å². The molecule has 1 fully saturated rings. The minimum atomic E-state index is -0.274. The summed E-state index contributed by atoms with van der Waals surface area (Å²) in [5.41, 5.74) is 0. The van der Waals surface area contributed by atoms with E-state index in [-0.39, 0.29) is 18.6 Å². The summed E-state index contributed by atoms with van der Waals surface area (Å²) in [5, 5.41) is 9.36. The summed E-state index contributed by atoms with van der Waals surface area (Å²) in [6, 6.07) is 4.05. The zero-order valence-corrected chi connectivity index (χ0v) is 11.4. The topological polar surface area (TPSA) is 49.8 Å². The van der Waals surface area contributed by atoms with Crippen LogP contribution >= 0.6 is 11.3 Å². The Labute approximate surface area is 111 Å². The van der Waals surface area contributed by atoms with Crippen molar-refractivity contribution in [2.24, 2.45) is 0 Å². The van der Waals surface area contributed by atoms with E-state index >= 15 is 0 Å². The van der Waals surface area contributed by atoms with Crippen LogP contribution in [0.25, 0.3) is 0 Å². The first-order valence-electron chi connectivity index (χ1n) is 6.26. The fourth-order valence-electron chi connectivity index (χ4n) is 2.35. The Bertz CT molecular complexity index is 405. The molecule has 0 spiro atoms. The van der Waals surface area contributed by atoms with Crippen molar-refractivity contribution >= 4 is 17.3 Å². The molecule has 5 heteroatoms. The van der Waals surface area contributed by atoms with Crippen LogP contribution in [-0.4, -0.2) is 42.3 Å². The number of thiophene rings is 1. The molecule has 0 radical (unpaired) electrons. The molecule has 1 aromatic heterocycles. The van der Waals surface area contributed by atoms with E-state index in [1.165, 1.54) is 31.3 Å². The summed E-state index contributed by atoms with van der Waals surface area (Å²) in [5.74, 6) is -0.274. The molecule has 100 valence electrons. The minimum Gasteiger partial charge on any atom is -0.465 e. The number of hydrogen-bond acceptors (Lipinski definition) is 5. The number of hydrogen-bond donors (Lipinski definition) is 1. The first-order valence-corrected chi connectivity index (χ1v) is 7.08. The SMILES string of the molecule is COC(=O)c1ccc(CN2CCCCC2CO)s1. The molecule has 0 aromatic carbocycles. The number of ether oxygens (including phenoxy) is 1. The van der Waals surface area contributed by atoms with Crippen molar-refractivity contribution in [3.8, 4) is 0 Å². The summed E-state index contributed by atoms with van der Waals surface area (Å²) in [6.45, 7) is 2.05. The van der Waals surface area contributed by atoms with Gasteiger partial charge in [0.05, 0.1) is 13.7 Å². The van der Waals surface area contributed by atoms with Crippen molar-refractivity contribution in [2.75, 3.05) is 20.3 Å². The van der Waals surface area contributed by atoms with E-state index in [4.69, 9.17) is 4.74 Å². The Hall–Kier alpha value is -0.910. The third kappa shape index (κ3) is 3.10. The molecule has 1 unspecified atom stereocenters. The van der Waals surface area contributed by atoms with Crippen LogP contribution in [0.15, 0.2) is 12.1 Å². The fourth-order valence-corrected chi connectivity index (χ4v) is 3.30. The van der Waals surface area contributed by atoms with Gasteiger partial charge in [-0.15, -0.1) is 11.3 Å². The molecule has 0 amide bonds. The van der Waals surface area contributed by atoms with E-state index in [0.717, 1.165) is 24.4 Å². The smallest absolute Gasteiger partial charge is 0.348 e. The number of nitrogens with zero attached hydrogens (tertiary/aromatic N) is 1. The van der Waals surface area contributed by atoms with Crippen molar-refractivity contribution in [1.82, 2.24) is 4.90 Å². The van der Waals surface area contributed by atoms with Gasteiger partial charge in [-0.3, -0.25) is 4.90 Å². The molecule has 1 aliphatic rings. The highest BCUT2D eigenvalue weighted by molar-refractivity contribution is 7.13. The number of likely N-dealkylation sites (tertiary alicyclic amines) is 1. The molecule has 1 aliphatic heterocycles. The Kier molecular flexibility index (Phi) is 4.74. The van der Waals surface area contributed by atoms with E-state index in [2.05, 4.69) is 4.90 Å². The highest BCUT2D eigenvalue weighted by atomic mass is 32.1. The Morgan fingerprint density at radius 2 is 2.39 bits per heavy atom. The number of esters is 1. The van der Waals surface area contributed by atoms with Crippen molar-refractivity contribution < 1.29 is 14.6 Å². The first-order chi connectivity index (χ1) is 8.74. The third-order valence-electron chi connectivity index (χ3n) is 3.37. The average Bonchev–Trinajstić information content (AvgIpc) is 2.87. The Balaban J connectivity index is 1.99. The number of aliphatic hydroxyl groups excluding tert-OH is 1. The van der Waals surface area contributed by atoms with E-state index in [1.54, 1.807) is 0 Å². The predicted molar refractivity (Wildman–Crippen MR) is 70.8 cm³/mol. The molecule has 2 heterocycles. The second-order valence-electron chi connectivity index (χ2n) is 4.56. The van der Waals surface area contributed by atoms with Gasteiger partial charge < -0.3 is 9.84 Å². The maximum absolute atomic E-state index is 11.4. The Morgan fingerprint density at radius 1 is 1.56 bits per heavy atom. The number of aliphatic hydroxyl groups is 1. The van der Waals surface area contributed by atoms with Crippen LogP contribution in [0.3, 0.4) is 0 Å². The van der Waals surface area contributed by atoms with Crippen molar-refractivity contribution in [3.05, 3.63) is 21.9 Å². The highest BCUT2D eigenvalue weighted by Crippen LogP contribution is 2.23. The summed E-state index contributed by atoms with van der Waals surface area (Å²) in [7, 11) is 1.40. The average molecular weight is 269 g/mol. The number of methoxy groups -OCH3 is 1. The molecular weight excluding hydrogens is 250 g/mol. The number of carbonyl (C=O) groups is 1. The van der Waals surface area contributed by atoms with Crippen LogP contribution in [0, 0.1) is 0 Å². The molecule has 18 heavy (non-hydrogen) atoms. The fraction of sp³-hybridized carbons (Fsp3) is 0.615. The molecule has 1 aromatic rings. The summed E-state index contributed by atoms with van der Waals surface area (Å²) >= 11 is 1.47. The zero-order valence-electron chi connectivity index (χ0n) is 10.6. The monoisotopic (exact) mass is 269 g/mol. The van der Waals surface area contributed by atoms with Gasteiger partial charge in [0.2, 0.25) is 0 Å². The van der Waals surface area contributed by atoms with E-state index in [9.17, 15) is 9.90 Å². The van der Waals surface area contributed by atoms with Gasteiger partial charge in [-0.25, -0.2) is 4.79 Å². The molecule has 1 saturated heterocycles. The second-order valence-corrected chi connectivity index (χ2v) is 5.73. The van der Waals surface area contributed by atoms with Crippen molar-refractivity contribution in [2.45, 2.75) is 31.8 Å². The van der Waals surface area contributed by atoms with E-state index in [0.29, 0.717) is 4.88 Å². The van der Waals surface area contributed by atoms with Gasteiger partial charge in [0, 0.05) is 17.5 Å². The van der Waals surface area contributed by atoms with Crippen molar-refractivity contribution in [1.29, 1.82) is 0 Å². The third-order valence-corrected chi connectivity index (χ3v) is 4.42. The molecule has 1 N–H and O–H groups in total. The molecule has 1 atom stereocenters. The second kappa shape index (κ2) is 6.31. The summed E-state index contributed by atoms with van der Waals surface area (Å²) in [6.07, 6.45) is 3.44. The zero-order chi connectivity index (χ0) is 13.0. The van der Waals surface area contributed by atoms with Crippen LogP contribution in [-0.2, 0) is 11.3 Å². The molecule has 0 bridgehead atoms.